The Balaban J connectivity index is 2.50. The van der Waals surface area contributed by atoms with Gasteiger partial charge in [-0.1, -0.05) is 19.1 Å². The van der Waals surface area contributed by atoms with E-state index in [1.165, 1.54) is 5.56 Å². The molecule has 0 aliphatic rings. The van der Waals surface area contributed by atoms with Crippen LogP contribution in [0.1, 0.15) is 18.4 Å². The molecule has 0 aliphatic heterocycles. The van der Waals surface area contributed by atoms with E-state index in [2.05, 4.69) is 41.1 Å². The summed E-state index contributed by atoms with van der Waals surface area (Å²) in [4.78, 5) is 0. The van der Waals surface area contributed by atoms with Gasteiger partial charge in [0.15, 0.2) is 4.67 Å². The van der Waals surface area contributed by atoms with E-state index in [9.17, 15) is 0 Å². The molecule has 2 N–H and O–H groups in total. The Kier molecular flexibility index (Phi) is 2.61. The van der Waals surface area contributed by atoms with Crippen LogP contribution in [0.2, 0.25) is 0 Å². The van der Waals surface area contributed by atoms with E-state index >= 15 is 0 Å². The van der Waals surface area contributed by atoms with Gasteiger partial charge in [0.1, 0.15) is 5.58 Å². The number of furan rings is 1. The van der Waals surface area contributed by atoms with Crippen molar-refractivity contribution in [3.63, 3.8) is 0 Å². The SMILES string of the molecule is CC(CN)c1ccc2cc(Br)oc2c1. The number of hydrogen-bond donors (Lipinski definition) is 1. The third kappa shape index (κ3) is 1.70. The van der Waals surface area contributed by atoms with Gasteiger partial charge in [0.2, 0.25) is 0 Å². The Morgan fingerprint density at radius 1 is 1.43 bits per heavy atom. The molecule has 0 spiro atoms. The van der Waals surface area contributed by atoms with Gasteiger partial charge in [-0.05, 0) is 46.1 Å². The van der Waals surface area contributed by atoms with Crippen molar-refractivity contribution >= 4 is 26.9 Å². The van der Waals surface area contributed by atoms with E-state index in [1.807, 2.05) is 6.07 Å². The van der Waals surface area contributed by atoms with Gasteiger partial charge in [-0.2, -0.15) is 0 Å². The second kappa shape index (κ2) is 3.75. The fourth-order valence-electron chi connectivity index (χ4n) is 1.46. The van der Waals surface area contributed by atoms with Crippen LogP contribution in [0.25, 0.3) is 11.0 Å². The molecule has 1 aromatic carbocycles. The predicted molar refractivity (Wildman–Crippen MR) is 61.4 cm³/mol. The Labute approximate surface area is 91.2 Å². The maximum atomic E-state index is 5.61. The number of rotatable bonds is 2. The minimum Gasteiger partial charge on any atom is -0.449 e. The van der Waals surface area contributed by atoms with Gasteiger partial charge in [0.05, 0.1) is 0 Å². The number of hydrogen-bond acceptors (Lipinski definition) is 2. The van der Waals surface area contributed by atoms with Crippen molar-refractivity contribution in [1.82, 2.24) is 0 Å². The van der Waals surface area contributed by atoms with Crippen LogP contribution in [-0.2, 0) is 0 Å². The summed E-state index contributed by atoms with van der Waals surface area (Å²) in [6.45, 7) is 2.77. The molecule has 0 fully saturated rings. The molecule has 0 bridgehead atoms. The first-order valence-electron chi connectivity index (χ1n) is 4.60. The molecule has 0 radical (unpaired) electrons. The zero-order chi connectivity index (χ0) is 10.1. The highest BCUT2D eigenvalue weighted by atomic mass is 79.9. The summed E-state index contributed by atoms with van der Waals surface area (Å²) in [5, 5.41) is 1.12. The van der Waals surface area contributed by atoms with Gasteiger partial charge in [0, 0.05) is 5.39 Å². The van der Waals surface area contributed by atoms with Crippen LogP contribution in [0.5, 0.6) is 0 Å². The van der Waals surface area contributed by atoms with Crippen LogP contribution in [0.4, 0.5) is 0 Å². The van der Waals surface area contributed by atoms with Gasteiger partial charge < -0.3 is 10.2 Å². The first-order valence-corrected chi connectivity index (χ1v) is 5.39. The topological polar surface area (TPSA) is 39.2 Å². The third-order valence-corrected chi connectivity index (χ3v) is 2.83. The quantitative estimate of drug-likeness (QED) is 0.893. The van der Waals surface area contributed by atoms with Crippen LogP contribution < -0.4 is 5.73 Å². The summed E-state index contributed by atoms with van der Waals surface area (Å²) in [7, 11) is 0. The lowest BCUT2D eigenvalue weighted by molar-refractivity contribution is 0.586. The lowest BCUT2D eigenvalue weighted by Crippen LogP contribution is -2.08. The highest BCUT2D eigenvalue weighted by Gasteiger charge is 2.06. The van der Waals surface area contributed by atoms with Crippen molar-refractivity contribution in [1.29, 1.82) is 0 Å². The highest BCUT2D eigenvalue weighted by Crippen LogP contribution is 2.26. The van der Waals surface area contributed by atoms with Crippen LogP contribution in [0.3, 0.4) is 0 Å². The minimum atomic E-state index is 0.378. The Morgan fingerprint density at radius 3 is 2.93 bits per heavy atom. The molecule has 2 aromatic rings. The van der Waals surface area contributed by atoms with E-state index in [-0.39, 0.29) is 0 Å². The van der Waals surface area contributed by atoms with E-state index < -0.39 is 0 Å². The summed E-state index contributed by atoms with van der Waals surface area (Å²) >= 11 is 3.31. The highest BCUT2D eigenvalue weighted by molar-refractivity contribution is 9.10. The van der Waals surface area contributed by atoms with E-state index in [0.717, 1.165) is 15.6 Å². The third-order valence-electron chi connectivity index (χ3n) is 2.44. The smallest absolute Gasteiger partial charge is 0.170 e. The van der Waals surface area contributed by atoms with Crippen LogP contribution in [0.15, 0.2) is 33.4 Å². The van der Waals surface area contributed by atoms with Crippen molar-refractivity contribution in [2.45, 2.75) is 12.8 Å². The molecule has 3 heteroatoms. The molecule has 74 valence electrons. The monoisotopic (exact) mass is 253 g/mol. The molecule has 14 heavy (non-hydrogen) atoms. The van der Waals surface area contributed by atoms with Crippen molar-refractivity contribution < 1.29 is 4.42 Å². The first-order chi connectivity index (χ1) is 6.70. The number of benzene rings is 1. The Morgan fingerprint density at radius 2 is 2.21 bits per heavy atom. The molecule has 1 atom stereocenters. The lowest BCUT2D eigenvalue weighted by Gasteiger charge is -2.07. The normalized spacial score (nSPS) is 13.4. The van der Waals surface area contributed by atoms with Gasteiger partial charge in [-0.25, -0.2) is 0 Å². The largest absolute Gasteiger partial charge is 0.449 e. The van der Waals surface area contributed by atoms with Gasteiger partial charge >= 0.3 is 0 Å². The second-order valence-electron chi connectivity index (χ2n) is 3.48. The van der Waals surface area contributed by atoms with E-state index in [1.54, 1.807) is 0 Å². The fraction of sp³-hybridized carbons (Fsp3) is 0.273. The zero-order valence-corrected chi connectivity index (χ0v) is 9.54. The second-order valence-corrected chi connectivity index (χ2v) is 4.27. The summed E-state index contributed by atoms with van der Waals surface area (Å²) in [5.41, 5.74) is 7.75. The maximum Gasteiger partial charge on any atom is 0.170 e. The first kappa shape index (κ1) is 9.74. The van der Waals surface area contributed by atoms with Crippen molar-refractivity contribution in [3.05, 3.63) is 34.5 Å². The summed E-state index contributed by atoms with van der Waals surface area (Å²) in [5.74, 6) is 0.378. The van der Waals surface area contributed by atoms with Crippen LogP contribution >= 0.6 is 15.9 Å². The minimum absolute atomic E-state index is 0.378. The molecule has 0 saturated carbocycles. The van der Waals surface area contributed by atoms with E-state index in [4.69, 9.17) is 10.2 Å². The number of nitrogens with two attached hydrogens (primary N) is 1. The summed E-state index contributed by atoms with van der Waals surface area (Å²) < 4.78 is 6.25. The van der Waals surface area contributed by atoms with Crippen LogP contribution in [0, 0.1) is 0 Å². The molecule has 1 unspecified atom stereocenters. The summed E-state index contributed by atoms with van der Waals surface area (Å²) in [6.07, 6.45) is 0. The summed E-state index contributed by atoms with van der Waals surface area (Å²) in [6, 6.07) is 8.18. The maximum absolute atomic E-state index is 5.61. The Hall–Kier alpha value is -0.800. The van der Waals surface area contributed by atoms with Crippen molar-refractivity contribution in [2.75, 3.05) is 6.54 Å². The Bertz CT molecular complexity index is 449. The van der Waals surface area contributed by atoms with Gasteiger partial charge in [-0.15, -0.1) is 0 Å². The number of fused-ring (bicyclic) bond motifs is 1. The molecule has 2 rings (SSSR count). The fourth-order valence-corrected chi connectivity index (χ4v) is 1.88. The molecule has 0 saturated heterocycles. The molecule has 1 heterocycles. The molecular formula is C11H12BrNO. The molecule has 0 amide bonds. The molecular weight excluding hydrogens is 242 g/mol. The van der Waals surface area contributed by atoms with Crippen LogP contribution in [-0.4, -0.2) is 6.54 Å². The average Bonchev–Trinajstić information content (AvgIpc) is 2.55. The average molecular weight is 254 g/mol. The molecule has 2 nitrogen and oxygen atoms in total. The van der Waals surface area contributed by atoms with Crippen molar-refractivity contribution in [2.24, 2.45) is 5.73 Å². The molecule has 1 aromatic heterocycles. The lowest BCUT2D eigenvalue weighted by atomic mass is 10.0. The van der Waals surface area contributed by atoms with Crippen molar-refractivity contribution in [3.8, 4) is 0 Å². The number of halogens is 1. The van der Waals surface area contributed by atoms with Gasteiger partial charge in [0.25, 0.3) is 0 Å². The standard InChI is InChI=1S/C11H12BrNO/c1-7(6-13)8-2-3-9-5-11(12)14-10(9)4-8/h2-5,7H,6,13H2,1H3. The zero-order valence-electron chi connectivity index (χ0n) is 7.96. The molecule has 0 aliphatic carbocycles. The van der Waals surface area contributed by atoms with Gasteiger partial charge in [-0.3, -0.25) is 0 Å². The van der Waals surface area contributed by atoms with E-state index in [0.29, 0.717) is 12.5 Å². The predicted octanol–water partition coefficient (Wildman–Crippen LogP) is 3.26.